The van der Waals surface area contributed by atoms with Crippen molar-refractivity contribution in [2.45, 2.75) is 0 Å². The molecule has 3 N–H and O–H groups in total. The van der Waals surface area contributed by atoms with Crippen molar-refractivity contribution in [1.29, 1.82) is 0 Å². The van der Waals surface area contributed by atoms with Crippen LogP contribution in [0.3, 0.4) is 0 Å². The summed E-state index contributed by atoms with van der Waals surface area (Å²) >= 11 is 4.72. The van der Waals surface area contributed by atoms with Crippen molar-refractivity contribution in [2.24, 2.45) is 4.99 Å². The van der Waals surface area contributed by atoms with Gasteiger partial charge in [0.25, 0.3) is 5.56 Å². The van der Waals surface area contributed by atoms with Gasteiger partial charge >= 0.3 is 5.97 Å². The summed E-state index contributed by atoms with van der Waals surface area (Å²) in [6.07, 6.45) is 1.20. The minimum atomic E-state index is -0.550. The van der Waals surface area contributed by atoms with Crippen molar-refractivity contribution in [3.63, 3.8) is 0 Å². The quantitative estimate of drug-likeness (QED) is 0.454. The zero-order valence-electron chi connectivity index (χ0n) is 10.9. The summed E-state index contributed by atoms with van der Waals surface area (Å²) in [5, 5.41) is 9.60. The van der Waals surface area contributed by atoms with E-state index in [0.29, 0.717) is 11.3 Å². The number of hydrogen-bond acceptors (Lipinski definition) is 6. The second-order valence-electron chi connectivity index (χ2n) is 3.97. The molecule has 0 unspecified atom stereocenters. The van der Waals surface area contributed by atoms with E-state index < -0.39 is 11.5 Å². The normalized spacial score (nSPS) is 10.7. The van der Waals surface area contributed by atoms with Crippen LogP contribution < -0.4 is 5.56 Å². The van der Waals surface area contributed by atoms with Crippen LogP contribution in [0.25, 0.3) is 0 Å². The molecule has 0 bridgehead atoms. The number of carbonyl (C=O) groups is 1. The van der Waals surface area contributed by atoms with Gasteiger partial charge in [0.15, 0.2) is 4.77 Å². The summed E-state index contributed by atoms with van der Waals surface area (Å²) in [6.45, 7) is 0. The molecule has 0 amide bonds. The minimum Gasteiger partial charge on any atom is -0.494 e. The van der Waals surface area contributed by atoms with Crippen molar-refractivity contribution >= 4 is 30.1 Å². The zero-order valence-corrected chi connectivity index (χ0v) is 11.7. The Morgan fingerprint density at radius 3 is 2.57 bits per heavy atom. The van der Waals surface area contributed by atoms with Gasteiger partial charge in [-0.05, 0) is 36.5 Å². The number of aromatic hydroxyl groups is 1. The van der Waals surface area contributed by atoms with Crippen LogP contribution in [0.4, 0.5) is 5.69 Å². The Labute approximate surface area is 124 Å². The molecule has 0 saturated heterocycles. The van der Waals surface area contributed by atoms with E-state index in [0.717, 1.165) is 0 Å². The van der Waals surface area contributed by atoms with Crippen molar-refractivity contribution in [3.8, 4) is 5.88 Å². The molecule has 2 rings (SSSR count). The fraction of sp³-hybridized carbons (Fsp3) is 0.0769. The second kappa shape index (κ2) is 6.14. The smallest absolute Gasteiger partial charge is 0.337 e. The molecule has 0 spiro atoms. The van der Waals surface area contributed by atoms with Gasteiger partial charge < -0.3 is 14.8 Å². The molecule has 8 heteroatoms. The van der Waals surface area contributed by atoms with Gasteiger partial charge in [-0.1, -0.05) is 0 Å². The van der Waals surface area contributed by atoms with Gasteiger partial charge in [-0.2, -0.15) is 0 Å². The van der Waals surface area contributed by atoms with Crippen molar-refractivity contribution < 1.29 is 14.6 Å². The number of nitrogens with zero attached hydrogens (tertiary/aromatic N) is 1. The Balaban J connectivity index is 2.28. The Hall–Kier alpha value is -2.74. The first kappa shape index (κ1) is 14.7. The highest BCUT2D eigenvalue weighted by Crippen LogP contribution is 2.14. The van der Waals surface area contributed by atoms with Crippen molar-refractivity contribution in [1.82, 2.24) is 9.97 Å². The number of H-pyrrole nitrogens is 2. The summed E-state index contributed by atoms with van der Waals surface area (Å²) < 4.78 is 4.60. The van der Waals surface area contributed by atoms with Crippen LogP contribution in [0.2, 0.25) is 0 Å². The van der Waals surface area contributed by atoms with E-state index in [1.807, 2.05) is 0 Å². The number of aliphatic imine (C=N–C) groups is 1. The SMILES string of the molecule is COC(=O)c1ccc(N=Cc2c(O)[nH]c(=S)[nH]c2=O)cc1. The molecule has 7 nitrogen and oxygen atoms in total. The van der Waals surface area contributed by atoms with E-state index >= 15 is 0 Å². The van der Waals surface area contributed by atoms with E-state index in [2.05, 4.69) is 19.7 Å². The van der Waals surface area contributed by atoms with Crippen LogP contribution in [-0.2, 0) is 4.74 Å². The van der Waals surface area contributed by atoms with Crippen LogP contribution in [0, 0.1) is 4.77 Å². The van der Waals surface area contributed by atoms with E-state index in [1.165, 1.54) is 13.3 Å². The predicted octanol–water partition coefficient (Wildman–Crippen LogP) is 1.68. The molecule has 0 aliphatic carbocycles. The molecule has 1 aromatic heterocycles. The standard InChI is InChI=1S/C13H11N3O4S/c1-20-12(19)7-2-4-8(5-3-7)14-6-9-10(17)15-13(21)16-11(9)18/h2-6H,1H3,(H3,15,16,17,18,21). The maximum absolute atomic E-state index is 11.6. The summed E-state index contributed by atoms with van der Waals surface area (Å²) in [5.74, 6) is -0.811. The highest BCUT2D eigenvalue weighted by atomic mass is 32.1. The molecular formula is C13H11N3O4S. The third-order valence-electron chi connectivity index (χ3n) is 2.59. The molecule has 108 valence electrons. The van der Waals surface area contributed by atoms with Crippen LogP contribution in [-0.4, -0.2) is 34.4 Å². The molecule has 21 heavy (non-hydrogen) atoms. The van der Waals surface area contributed by atoms with E-state index in [9.17, 15) is 14.7 Å². The summed E-state index contributed by atoms with van der Waals surface area (Å²) in [5.41, 5.74) is 0.302. The number of ether oxygens (including phenoxy) is 1. The molecule has 0 atom stereocenters. The van der Waals surface area contributed by atoms with Gasteiger partial charge in [0, 0.05) is 6.21 Å². The van der Waals surface area contributed by atoms with Crippen molar-refractivity contribution in [2.75, 3.05) is 7.11 Å². The highest BCUT2D eigenvalue weighted by molar-refractivity contribution is 7.71. The number of rotatable bonds is 3. The lowest BCUT2D eigenvalue weighted by Crippen LogP contribution is -2.13. The fourth-order valence-electron chi connectivity index (χ4n) is 1.54. The average molecular weight is 305 g/mol. The first-order valence-electron chi connectivity index (χ1n) is 5.79. The molecule has 0 saturated carbocycles. The van der Waals surface area contributed by atoms with Crippen LogP contribution >= 0.6 is 12.2 Å². The van der Waals surface area contributed by atoms with Gasteiger partial charge in [0.1, 0.15) is 5.56 Å². The van der Waals surface area contributed by atoms with Crippen molar-refractivity contribution in [3.05, 3.63) is 50.5 Å². The third-order valence-corrected chi connectivity index (χ3v) is 2.79. The van der Waals surface area contributed by atoms with E-state index in [1.54, 1.807) is 24.3 Å². The topological polar surface area (TPSA) is 108 Å². The Morgan fingerprint density at radius 2 is 2.00 bits per heavy atom. The van der Waals surface area contributed by atoms with Crippen LogP contribution in [0.1, 0.15) is 15.9 Å². The number of esters is 1. The minimum absolute atomic E-state index is 0.0251. The molecule has 0 aliphatic rings. The molecule has 2 aromatic rings. The molecular weight excluding hydrogens is 294 g/mol. The van der Waals surface area contributed by atoms with E-state index in [-0.39, 0.29) is 16.2 Å². The van der Waals surface area contributed by atoms with Gasteiger partial charge in [0.05, 0.1) is 18.4 Å². The first-order chi connectivity index (χ1) is 10.0. The number of aromatic nitrogens is 2. The first-order valence-corrected chi connectivity index (χ1v) is 6.20. The fourth-order valence-corrected chi connectivity index (χ4v) is 1.73. The molecule has 0 fully saturated rings. The number of methoxy groups -OCH3 is 1. The number of aromatic amines is 2. The van der Waals surface area contributed by atoms with E-state index in [4.69, 9.17) is 12.2 Å². The number of nitrogens with one attached hydrogen (secondary N) is 2. The number of carbonyl (C=O) groups excluding carboxylic acids is 1. The zero-order chi connectivity index (χ0) is 15.4. The molecule has 0 radical (unpaired) electrons. The van der Waals surface area contributed by atoms with Gasteiger partial charge in [-0.15, -0.1) is 0 Å². The van der Waals surface area contributed by atoms with Crippen LogP contribution in [0.15, 0.2) is 34.1 Å². The number of benzene rings is 1. The maximum Gasteiger partial charge on any atom is 0.337 e. The summed E-state index contributed by atoms with van der Waals surface area (Å²) in [7, 11) is 1.29. The third kappa shape index (κ3) is 3.42. The molecule has 1 aromatic carbocycles. The van der Waals surface area contributed by atoms with Crippen LogP contribution in [0.5, 0.6) is 5.88 Å². The van der Waals surface area contributed by atoms with Gasteiger partial charge in [-0.3, -0.25) is 14.8 Å². The lowest BCUT2D eigenvalue weighted by atomic mass is 10.2. The largest absolute Gasteiger partial charge is 0.494 e. The highest BCUT2D eigenvalue weighted by Gasteiger charge is 2.05. The Kier molecular flexibility index (Phi) is 4.29. The molecule has 1 heterocycles. The maximum atomic E-state index is 11.6. The monoisotopic (exact) mass is 305 g/mol. The van der Waals surface area contributed by atoms with Gasteiger partial charge in [-0.25, -0.2) is 4.79 Å². The predicted molar refractivity (Wildman–Crippen MR) is 78.9 cm³/mol. The van der Waals surface area contributed by atoms with Gasteiger partial charge in [0.2, 0.25) is 5.88 Å². The Morgan fingerprint density at radius 1 is 1.33 bits per heavy atom. The number of hydrogen-bond donors (Lipinski definition) is 3. The average Bonchev–Trinajstić information content (AvgIpc) is 2.46. The lowest BCUT2D eigenvalue weighted by molar-refractivity contribution is 0.0601. The Bertz CT molecular complexity index is 805. The summed E-state index contributed by atoms with van der Waals surface area (Å²) in [4.78, 5) is 31.7. The second-order valence-corrected chi connectivity index (χ2v) is 4.38. The lowest BCUT2D eigenvalue weighted by Gasteiger charge is -2.00. The molecule has 0 aliphatic heterocycles. The summed E-state index contributed by atoms with van der Waals surface area (Å²) in [6, 6.07) is 6.25.